The number of piperazine rings is 1. The van der Waals surface area contributed by atoms with Crippen molar-refractivity contribution >= 4 is 5.69 Å². The van der Waals surface area contributed by atoms with Crippen LogP contribution in [-0.4, -0.2) is 30.2 Å². The molecule has 94 valence electrons. The van der Waals surface area contributed by atoms with Gasteiger partial charge in [0.25, 0.3) is 0 Å². The summed E-state index contributed by atoms with van der Waals surface area (Å²) in [4.78, 5) is 6.82. The van der Waals surface area contributed by atoms with E-state index in [0.717, 1.165) is 13.1 Å². The van der Waals surface area contributed by atoms with E-state index in [1.165, 1.54) is 11.3 Å². The maximum Gasteiger partial charge on any atom is 0.0558 e. The Morgan fingerprint density at radius 1 is 1.41 bits per heavy atom. The van der Waals surface area contributed by atoms with E-state index in [9.17, 15) is 0 Å². The van der Waals surface area contributed by atoms with Crippen molar-refractivity contribution in [3.05, 3.63) is 24.0 Å². The van der Waals surface area contributed by atoms with Crippen LogP contribution in [0.3, 0.4) is 0 Å². The Hall–Kier alpha value is -1.09. The monoisotopic (exact) mass is 233 g/mol. The number of anilines is 1. The van der Waals surface area contributed by atoms with Crippen molar-refractivity contribution in [3.63, 3.8) is 0 Å². The minimum atomic E-state index is 0.547. The van der Waals surface area contributed by atoms with Crippen molar-refractivity contribution in [2.45, 2.75) is 39.8 Å². The van der Waals surface area contributed by atoms with Gasteiger partial charge in [0.2, 0.25) is 0 Å². The number of nitrogens with zero attached hydrogens (tertiary/aromatic N) is 2. The average molecular weight is 233 g/mol. The minimum absolute atomic E-state index is 0.547. The predicted molar refractivity (Wildman–Crippen MR) is 72.4 cm³/mol. The first-order valence-electron chi connectivity index (χ1n) is 6.49. The van der Waals surface area contributed by atoms with Crippen LogP contribution in [0.15, 0.2) is 18.5 Å². The Morgan fingerprint density at radius 2 is 2.18 bits per heavy atom. The number of aromatic nitrogens is 1. The second-order valence-electron chi connectivity index (χ2n) is 5.49. The Kier molecular flexibility index (Phi) is 3.67. The summed E-state index contributed by atoms with van der Waals surface area (Å²) in [5.41, 5.74) is 2.49. The summed E-state index contributed by atoms with van der Waals surface area (Å²) in [7, 11) is 0. The Labute approximate surface area is 104 Å². The summed E-state index contributed by atoms with van der Waals surface area (Å²) in [6, 6.07) is 3.35. The minimum Gasteiger partial charge on any atom is -0.364 e. The van der Waals surface area contributed by atoms with Gasteiger partial charge < -0.3 is 10.2 Å². The smallest absolute Gasteiger partial charge is 0.0558 e. The molecule has 17 heavy (non-hydrogen) atoms. The van der Waals surface area contributed by atoms with Crippen LogP contribution >= 0.6 is 0 Å². The van der Waals surface area contributed by atoms with Crippen molar-refractivity contribution in [3.8, 4) is 0 Å². The highest BCUT2D eigenvalue weighted by molar-refractivity contribution is 5.48. The molecular weight excluding hydrogens is 210 g/mol. The largest absolute Gasteiger partial charge is 0.364 e. The van der Waals surface area contributed by atoms with Crippen LogP contribution in [0.5, 0.6) is 0 Å². The Balaban J connectivity index is 2.25. The van der Waals surface area contributed by atoms with E-state index in [1.807, 2.05) is 12.4 Å². The lowest BCUT2D eigenvalue weighted by Crippen LogP contribution is -2.57. The lowest BCUT2D eigenvalue weighted by atomic mass is 9.98. The summed E-state index contributed by atoms with van der Waals surface area (Å²) < 4.78 is 0. The van der Waals surface area contributed by atoms with Gasteiger partial charge in [-0.2, -0.15) is 0 Å². The average Bonchev–Trinajstić information content (AvgIpc) is 2.28. The van der Waals surface area contributed by atoms with Gasteiger partial charge in [-0.25, -0.2) is 0 Å². The van der Waals surface area contributed by atoms with Crippen molar-refractivity contribution in [1.82, 2.24) is 10.3 Å². The first-order valence-corrected chi connectivity index (χ1v) is 6.49. The summed E-state index contributed by atoms with van der Waals surface area (Å²) in [6.45, 7) is 11.1. The number of nitrogens with one attached hydrogen (secondary N) is 1. The normalized spacial score (nSPS) is 25.4. The van der Waals surface area contributed by atoms with Crippen molar-refractivity contribution in [2.75, 3.05) is 18.0 Å². The van der Waals surface area contributed by atoms with E-state index in [2.05, 4.69) is 49.0 Å². The van der Waals surface area contributed by atoms with Gasteiger partial charge in [0.05, 0.1) is 11.9 Å². The van der Waals surface area contributed by atoms with Gasteiger partial charge in [-0.05, 0) is 31.4 Å². The van der Waals surface area contributed by atoms with Gasteiger partial charge in [0.15, 0.2) is 0 Å². The SMILES string of the molecule is Cc1cncc(N2CC(C)NCC2C(C)C)c1. The third-order valence-electron chi connectivity index (χ3n) is 3.51. The van der Waals surface area contributed by atoms with Crippen molar-refractivity contribution < 1.29 is 0 Å². The molecule has 0 aliphatic carbocycles. The van der Waals surface area contributed by atoms with Crippen LogP contribution in [-0.2, 0) is 0 Å². The molecule has 1 fully saturated rings. The summed E-state index contributed by atoms with van der Waals surface area (Å²) in [6.07, 6.45) is 3.90. The van der Waals surface area contributed by atoms with Crippen molar-refractivity contribution in [2.24, 2.45) is 5.92 Å². The zero-order valence-corrected chi connectivity index (χ0v) is 11.3. The highest BCUT2D eigenvalue weighted by Gasteiger charge is 2.28. The molecule has 0 aromatic carbocycles. The van der Waals surface area contributed by atoms with Crippen LogP contribution in [0.2, 0.25) is 0 Å². The van der Waals surface area contributed by atoms with E-state index >= 15 is 0 Å². The van der Waals surface area contributed by atoms with Crippen molar-refractivity contribution in [1.29, 1.82) is 0 Å². The topological polar surface area (TPSA) is 28.2 Å². The number of hydrogen-bond donors (Lipinski definition) is 1. The summed E-state index contributed by atoms with van der Waals surface area (Å²) in [5.74, 6) is 0.649. The third-order valence-corrected chi connectivity index (χ3v) is 3.51. The van der Waals surface area contributed by atoms with Gasteiger partial charge in [0.1, 0.15) is 0 Å². The number of aryl methyl sites for hydroxylation is 1. The molecule has 1 N–H and O–H groups in total. The number of rotatable bonds is 2. The van der Waals surface area contributed by atoms with E-state index < -0.39 is 0 Å². The van der Waals surface area contributed by atoms with Gasteiger partial charge in [-0.15, -0.1) is 0 Å². The molecule has 1 aromatic rings. The summed E-state index contributed by atoms with van der Waals surface area (Å²) >= 11 is 0. The van der Waals surface area contributed by atoms with Crippen LogP contribution in [0, 0.1) is 12.8 Å². The predicted octanol–water partition coefficient (Wildman–Crippen LogP) is 2.21. The molecule has 2 rings (SSSR count). The fourth-order valence-electron chi connectivity index (χ4n) is 2.52. The van der Waals surface area contributed by atoms with Gasteiger partial charge in [-0.3, -0.25) is 4.98 Å². The van der Waals surface area contributed by atoms with Crippen LogP contribution in [0.1, 0.15) is 26.3 Å². The quantitative estimate of drug-likeness (QED) is 0.849. The molecule has 1 aliphatic heterocycles. The molecule has 0 bridgehead atoms. The standard InChI is InChI=1S/C14H23N3/c1-10(2)14-8-16-12(4)9-17(14)13-5-11(3)6-15-7-13/h5-7,10,12,14,16H,8-9H2,1-4H3. The maximum absolute atomic E-state index is 4.32. The first-order chi connectivity index (χ1) is 8.08. The zero-order valence-electron chi connectivity index (χ0n) is 11.3. The molecule has 3 heteroatoms. The van der Waals surface area contributed by atoms with Crippen LogP contribution in [0.4, 0.5) is 5.69 Å². The zero-order chi connectivity index (χ0) is 12.4. The lowest BCUT2D eigenvalue weighted by molar-refractivity contribution is 0.349. The maximum atomic E-state index is 4.32. The fourth-order valence-corrected chi connectivity index (χ4v) is 2.52. The van der Waals surface area contributed by atoms with E-state index in [1.54, 1.807) is 0 Å². The Bertz CT molecular complexity index is 375. The lowest BCUT2D eigenvalue weighted by Gasteiger charge is -2.43. The second kappa shape index (κ2) is 5.05. The molecule has 3 nitrogen and oxygen atoms in total. The molecular formula is C14H23N3. The second-order valence-corrected chi connectivity index (χ2v) is 5.49. The van der Waals surface area contributed by atoms with E-state index in [0.29, 0.717) is 18.0 Å². The van der Waals surface area contributed by atoms with Gasteiger partial charge >= 0.3 is 0 Å². The summed E-state index contributed by atoms with van der Waals surface area (Å²) in [5, 5.41) is 3.57. The van der Waals surface area contributed by atoms with E-state index in [4.69, 9.17) is 0 Å². The molecule has 0 amide bonds. The van der Waals surface area contributed by atoms with Gasteiger partial charge in [-0.1, -0.05) is 13.8 Å². The first kappa shape index (κ1) is 12.4. The van der Waals surface area contributed by atoms with E-state index in [-0.39, 0.29) is 0 Å². The van der Waals surface area contributed by atoms with Crippen LogP contribution in [0.25, 0.3) is 0 Å². The molecule has 0 spiro atoms. The molecule has 0 radical (unpaired) electrons. The van der Waals surface area contributed by atoms with Gasteiger partial charge in [0, 0.05) is 31.4 Å². The molecule has 2 heterocycles. The molecule has 0 saturated carbocycles. The number of hydrogen-bond acceptors (Lipinski definition) is 3. The molecule has 2 unspecified atom stereocenters. The third kappa shape index (κ3) is 2.78. The molecule has 1 aromatic heterocycles. The van der Waals surface area contributed by atoms with Crippen LogP contribution < -0.4 is 10.2 Å². The number of pyridine rings is 1. The Morgan fingerprint density at radius 3 is 2.82 bits per heavy atom. The molecule has 1 aliphatic rings. The highest BCUT2D eigenvalue weighted by Crippen LogP contribution is 2.23. The molecule has 2 atom stereocenters. The highest BCUT2D eigenvalue weighted by atomic mass is 15.2. The molecule has 1 saturated heterocycles. The fraction of sp³-hybridized carbons (Fsp3) is 0.643.